The van der Waals surface area contributed by atoms with Crippen molar-refractivity contribution in [3.63, 3.8) is 0 Å². The molecule has 1 fully saturated rings. The topological polar surface area (TPSA) is 67.9 Å². The molecule has 0 bridgehead atoms. The Hall–Kier alpha value is -1.60. The average molecular weight is 324 g/mol. The summed E-state index contributed by atoms with van der Waals surface area (Å²) < 4.78 is 10.4. The highest BCUT2D eigenvalue weighted by Gasteiger charge is 2.29. The zero-order chi connectivity index (χ0) is 15.5. The zero-order valence-corrected chi connectivity index (χ0v) is 13.5. The van der Waals surface area contributed by atoms with Gasteiger partial charge in [0.25, 0.3) is 0 Å². The summed E-state index contributed by atoms with van der Waals surface area (Å²) in [5.41, 5.74) is 1.61. The van der Waals surface area contributed by atoms with E-state index < -0.39 is 0 Å². The molecule has 1 aliphatic heterocycles. The van der Waals surface area contributed by atoms with Crippen LogP contribution in [0.15, 0.2) is 0 Å². The third-order valence-electron chi connectivity index (χ3n) is 3.92. The summed E-state index contributed by atoms with van der Waals surface area (Å²) in [6, 6.07) is -0.172. The Balaban J connectivity index is 1.80. The molecule has 22 heavy (non-hydrogen) atoms. The monoisotopic (exact) mass is 324 g/mol. The lowest BCUT2D eigenvalue weighted by molar-refractivity contribution is 0.0526. The van der Waals surface area contributed by atoms with E-state index in [1.807, 2.05) is 0 Å². The van der Waals surface area contributed by atoms with E-state index in [0.717, 1.165) is 24.8 Å². The highest BCUT2D eigenvalue weighted by Crippen LogP contribution is 2.39. The number of hydrogen-bond acceptors (Lipinski definition) is 5. The Morgan fingerprint density at radius 3 is 2.82 bits per heavy atom. The third-order valence-corrected chi connectivity index (χ3v) is 5.13. The Morgan fingerprint density at radius 1 is 1.32 bits per heavy atom. The van der Waals surface area contributed by atoms with Gasteiger partial charge in [-0.1, -0.05) is 0 Å². The molecule has 1 aromatic heterocycles. The number of aryl methyl sites for hydroxylation is 1. The Morgan fingerprint density at radius 2 is 2.09 bits per heavy atom. The number of thiophene rings is 1. The van der Waals surface area contributed by atoms with Crippen molar-refractivity contribution in [2.24, 2.45) is 0 Å². The molecule has 0 aromatic carbocycles. The van der Waals surface area contributed by atoms with Crippen molar-refractivity contribution in [2.75, 3.05) is 38.2 Å². The van der Waals surface area contributed by atoms with Gasteiger partial charge in [0.15, 0.2) is 0 Å². The van der Waals surface area contributed by atoms with E-state index in [4.69, 9.17) is 9.47 Å². The van der Waals surface area contributed by atoms with E-state index in [1.54, 1.807) is 11.8 Å². The average Bonchev–Trinajstić information content (AvgIpc) is 3.08. The second kappa shape index (κ2) is 6.66. The SMILES string of the molecule is CCOC(=O)c1c(NC(=O)N2CCOCC2)sc2c1CCC2. The van der Waals surface area contributed by atoms with Crippen LogP contribution in [-0.4, -0.2) is 49.8 Å². The van der Waals surface area contributed by atoms with Gasteiger partial charge in [-0.25, -0.2) is 9.59 Å². The largest absolute Gasteiger partial charge is 0.462 e. The van der Waals surface area contributed by atoms with E-state index in [1.165, 1.54) is 16.2 Å². The van der Waals surface area contributed by atoms with Gasteiger partial charge >= 0.3 is 12.0 Å². The minimum atomic E-state index is -0.334. The fraction of sp³-hybridized carbons (Fsp3) is 0.600. The van der Waals surface area contributed by atoms with Gasteiger partial charge in [0, 0.05) is 18.0 Å². The van der Waals surface area contributed by atoms with Gasteiger partial charge in [-0.05, 0) is 31.7 Å². The fourth-order valence-electron chi connectivity index (χ4n) is 2.85. The van der Waals surface area contributed by atoms with Crippen LogP contribution in [0.4, 0.5) is 9.80 Å². The molecule has 0 saturated carbocycles. The summed E-state index contributed by atoms with van der Waals surface area (Å²) in [4.78, 5) is 27.5. The van der Waals surface area contributed by atoms with Crippen molar-refractivity contribution in [3.05, 3.63) is 16.0 Å². The van der Waals surface area contributed by atoms with Crippen molar-refractivity contribution >= 4 is 28.3 Å². The highest BCUT2D eigenvalue weighted by molar-refractivity contribution is 7.17. The van der Waals surface area contributed by atoms with E-state index in [0.29, 0.717) is 43.5 Å². The molecule has 0 atom stereocenters. The molecule has 2 amide bonds. The number of carbonyl (C=O) groups excluding carboxylic acids is 2. The smallest absolute Gasteiger partial charge is 0.341 e. The number of esters is 1. The second-order valence-corrected chi connectivity index (χ2v) is 6.42. The number of nitrogens with zero attached hydrogens (tertiary/aromatic N) is 1. The number of nitrogens with one attached hydrogen (secondary N) is 1. The first-order valence-corrected chi connectivity index (χ1v) is 8.47. The fourth-order valence-corrected chi connectivity index (χ4v) is 4.12. The molecule has 3 rings (SSSR count). The standard InChI is InChI=1S/C15H20N2O4S/c1-2-21-14(18)12-10-4-3-5-11(10)22-13(12)16-15(19)17-6-8-20-9-7-17/h2-9H2,1H3,(H,16,19). The molecular weight excluding hydrogens is 304 g/mol. The molecule has 2 heterocycles. The lowest BCUT2D eigenvalue weighted by Gasteiger charge is -2.26. The van der Waals surface area contributed by atoms with Gasteiger partial charge in [0.1, 0.15) is 5.00 Å². The minimum Gasteiger partial charge on any atom is -0.462 e. The lowest BCUT2D eigenvalue weighted by Crippen LogP contribution is -2.43. The first kappa shape index (κ1) is 15.3. The first-order valence-electron chi connectivity index (χ1n) is 7.66. The summed E-state index contributed by atoms with van der Waals surface area (Å²) in [5, 5.41) is 3.52. The Bertz CT molecular complexity index is 578. The van der Waals surface area contributed by atoms with Gasteiger partial charge in [-0.15, -0.1) is 11.3 Å². The van der Waals surface area contributed by atoms with Crippen LogP contribution >= 0.6 is 11.3 Å². The van der Waals surface area contributed by atoms with Crippen LogP contribution in [-0.2, 0) is 22.3 Å². The maximum absolute atomic E-state index is 12.3. The van der Waals surface area contributed by atoms with Crippen molar-refractivity contribution in [2.45, 2.75) is 26.2 Å². The lowest BCUT2D eigenvalue weighted by atomic mass is 10.1. The second-order valence-electron chi connectivity index (χ2n) is 5.31. The predicted molar refractivity (Wildman–Crippen MR) is 83.7 cm³/mol. The summed E-state index contributed by atoms with van der Waals surface area (Å²) in [5.74, 6) is -0.334. The van der Waals surface area contributed by atoms with E-state index >= 15 is 0 Å². The van der Waals surface area contributed by atoms with Crippen LogP contribution in [0, 0.1) is 0 Å². The Kier molecular flexibility index (Phi) is 4.63. The molecule has 7 heteroatoms. The maximum Gasteiger partial charge on any atom is 0.341 e. The van der Waals surface area contributed by atoms with Crippen LogP contribution in [0.5, 0.6) is 0 Å². The van der Waals surface area contributed by atoms with Crippen molar-refractivity contribution < 1.29 is 19.1 Å². The van der Waals surface area contributed by atoms with Crippen molar-refractivity contribution in [3.8, 4) is 0 Å². The van der Waals surface area contributed by atoms with Crippen LogP contribution in [0.2, 0.25) is 0 Å². The third kappa shape index (κ3) is 2.96. The number of morpholine rings is 1. The summed E-state index contributed by atoms with van der Waals surface area (Å²) >= 11 is 1.50. The molecule has 1 aliphatic carbocycles. The van der Waals surface area contributed by atoms with Crippen molar-refractivity contribution in [1.29, 1.82) is 0 Å². The number of amides is 2. The van der Waals surface area contributed by atoms with Crippen LogP contribution < -0.4 is 5.32 Å². The number of anilines is 1. The summed E-state index contributed by atoms with van der Waals surface area (Å²) in [6.45, 7) is 4.38. The number of rotatable bonds is 3. The summed E-state index contributed by atoms with van der Waals surface area (Å²) in [7, 11) is 0. The van der Waals surface area contributed by atoms with E-state index in [9.17, 15) is 9.59 Å². The Labute approximate surface area is 133 Å². The highest BCUT2D eigenvalue weighted by atomic mass is 32.1. The van der Waals surface area contributed by atoms with Gasteiger partial charge in [-0.3, -0.25) is 5.32 Å². The van der Waals surface area contributed by atoms with Crippen molar-refractivity contribution in [1.82, 2.24) is 4.90 Å². The van der Waals surface area contributed by atoms with Gasteiger partial charge < -0.3 is 14.4 Å². The van der Waals surface area contributed by atoms with E-state index in [2.05, 4.69) is 5.32 Å². The number of fused-ring (bicyclic) bond motifs is 1. The molecule has 0 unspecified atom stereocenters. The number of carbonyl (C=O) groups is 2. The first-order chi connectivity index (χ1) is 10.7. The zero-order valence-electron chi connectivity index (χ0n) is 12.6. The van der Waals surface area contributed by atoms with E-state index in [-0.39, 0.29) is 12.0 Å². The molecule has 0 radical (unpaired) electrons. The van der Waals surface area contributed by atoms with Gasteiger partial charge in [-0.2, -0.15) is 0 Å². The molecule has 1 saturated heterocycles. The summed E-state index contributed by atoms with van der Waals surface area (Å²) in [6.07, 6.45) is 2.92. The van der Waals surface area contributed by atoms with Gasteiger partial charge in [0.05, 0.1) is 25.4 Å². The van der Waals surface area contributed by atoms with Gasteiger partial charge in [0.2, 0.25) is 0 Å². The maximum atomic E-state index is 12.3. The minimum absolute atomic E-state index is 0.172. The number of hydrogen-bond donors (Lipinski definition) is 1. The van der Waals surface area contributed by atoms with Crippen LogP contribution in [0.3, 0.4) is 0 Å². The molecule has 0 spiro atoms. The number of ether oxygens (including phenoxy) is 2. The number of urea groups is 1. The van der Waals surface area contributed by atoms with Crippen LogP contribution in [0.1, 0.15) is 34.1 Å². The quantitative estimate of drug-likeness (QED) is 0.866. The molecule has 6 nitrogen and oxygen atoms in total. The normalized spacial score (nSPS) is 17.2. The van der Waals surface area contributed by atoms with Crippen LogP contribution in [0.25, 0.3) is 0 Å². The molecular formula is C15H20N2O4S. The molecule has 1 N–H and O–H groups in total. The molecule has 120 valence electrons. The molecule has 1 aromatic rings. The molecule has 2 aliphatic rings. The predicted octanol–water partition coefficient (Wildman–Crippen LogP) is 2.28.